The molecule has 0 saturated carbocycles. The third-order valence-electron chi connectivity index (χ3n) is 2.87. The van der Waals surface area contributed by atoms with E-state index in [0.29, 0.717) is 19.0 Å². The van der Waals surface area contributed by atoms with E-state index >= 15 is 0 Å². The molecule has 5 heteroatoms. The first kappa shape index (κ1) is 16.9. The van der Waals surface area contributed by atoms with Crippen LogP contribution in [0, 0.1) is 5.41 Å². The first-order valence-corrected chi connectivity index (χ1v) is 8.04. The van der Waals surface area contributed by atoms with E-state index < -0.39 is 10.0 Å². The van der Waals surface area contributed by atoms with Gasteiger partial charge in [-0.05, 0) is 24.8 Å². The molecule has 0 aliphatic carbocycles. The third-order valence-corrected chi connectivity index (χ3v) is 4.28. The smallest absolute Gasteiger partial charge is 0.211 e. The van der Waals surface area contributed by atoms with Gasteiger partial charge in [-0.25, -0.2) is 13.1 Å². The van der Waals surface area contributed by atoms with Crippen molar-refractivity contribution in [2.75, 3.05) is 18.8 Å². The lowest BCUT2D eigenvalue weighted by Gasteiger charge is -2.22. The Kier molecular flexibility index (Phi) is 7.28. The minimum absolute atomic E-state index is 0.0310. The summed E-state index contributed by atoms with van der Waals surface area (Å²) in [6.07, 6.45) is 1.62. The molecule has 0 bridgehead atoms. The van der Waals surface area contributed by atoms with Gasteiger partial charge in [-0.3, -0.25) is 0 Å². The van der Waals surface area contributed by atoms with Crippen LogP contribution in [0.4, 0.5) is 0 Å². The molecule has 0 spiro atoms. The van der Waals surface area contributed by atoms with Crippen LogP contribution >= 0.6 is 0 Å². The van der Waals surface area contributed by atoms with Gasteiger partial charge in [0.25, 0.3) is 0 Å². The Balaban J connectivity index is 3.89. The van der Waals surface area contributed by atoms with Crippen molar-refractivity contribution in [1.82, 2.24) is 10.0 Å². The summed E-state index contributed by atoms with van der Waals surface area (Å²) in [6, 6.07) is 0.407. The molecule has 0 amide bonds. The minimum Gasteiger partial charge on any atom is -0.314 e. The van der Waals surface area contributed by atoms with E-state index in [0.717, 1.165) is 13.0 Å². The van der Waals surface area contributed by atoms with E-state index in [1.54, 1.807) is 0 Å². The van der Waals surface area contributed by atoms with Gasteiger partial charge in [0.2, 0.25) is 10.0 Å². The molecule has 104 valence electrons. The molecule has 0 radical (unpaired) electrons. The van der Waals surface area contributed by atoms with Crippen molar-refractivity contribution in [2.24, 2.45) is 5.41 Å². The van der Waals surface area contributed by atoms with Crippen LogP contribution in [0.25, 0.3) is 0 Å². The molecule has 0 fully saturated rings. The van der Waals surface area contributed by atoms with Crippen LogP contribution in [-0.2, 0) is 10.0 Å². The van der Waals surface area contributed by atoms with Crippen LogP contribution in [0.3, 0.4) is 0 Å². The lowest BCUT2D eigenvalue weighted by atomic mass is 9.91. The fourth-order valence-electron chi connectivity index (χ4n) is 1.16. The molecule has 2 N–H and O–H groups in total. The van der Waals surface area contributed by atoms with Crippen molar-refractivity contribution in [1.29, 1.82) is 0 Å². The number of rotatable bonds is 9. The summed E-state index contributed by atoms with van der Waals surface area (Å²) in [5.74, 6) is 0.201. The number of sulfonamides is 1. The molecule has 4 nitrogen and oxygen atoms in total. The van der Waals surface area contributed by atoms with Crippen molar-refractivity contribution in [3.8, 4) is 0 Å². The third kappa shape index (κ3) is 9.56. The second kappa shape index (κ2) is 7.34. The largest absolute Gasteiger partial charge is 0.314 e. The highest BCUT2D eigenvalue weighted by Gasteiger charge is 2.18. The highest BCUT2D eigenvalue weighted by molar-refractivity contribution is 7.89. The molecule has 0 rings (SSSR count). The molecule has 0 heterocycles. The monoisotopic (exact) mass is 264 g/mol. The Bertz CT molecular complexity index is 298. The van der Waals surface area contributed by atoms with Crippen LogP contribution in [0.2, 0.25) is 0 Å². The van der Waals surface area contributed by atoms with E-state index in [1.165, 1.54) is 0 Å². The van der Waals surface area contributed by atoms with E-state index in [1.807, 2.05) is 0 Å². The van der Waals surface area contributed by atoms with Gasteiger partial charge in [0.1, 0.15) is 0 Å². The topological polar surface area (TPSA) is 58.2 Å². The number of hydrogen-bond acceptors (Lipinski definition) is 3. The van der Waals surface area contributed by atoms with Gasteiger partial charge in [-0.15, -0.1) is 0 Å². The first-order valence-electron chi connectivity index (χ1n) is 6.39. The van der Waals surface area contributed by atoms with Crippen LogP contribution in [-0.4, -0.2) is 33.3 Å². The van der Waals surface area contributed by atoms with E-state index in [2.05, 4.69) is 44.7 Å². The molecule has 0 aromatic rings. The standard InChI is InChI=1S/C12H28N2O2S/c1-6-12(4,5)10-14-17(15,16)9-7-8-13-11(2)3/h11,13-14H,6-10H2,1-5H3. The summed E-state index contributed by atoms with van der Waals surface area (Å²) in [4.78, 5) is 0. The zero-order chi connectivity index (χ0) is 13.5. The van der Waals surface area contributed by atoms with E-state index in [-0.39, 0.29) is 11.2 Å². The molecular formula is C12H28N2O2S. The minimum atomic E-state index is -3.11. The normalized spacial score (nSPS) is 13.3. The van der Waals surface area contributed by atoms with Gasteiger partial charge in [0.05, 0.1) is 5.75 Å². The molecule has 0 aliphatic rings. The molecular weight excluding hydrogens is 236 g/mol. The number of nitrogens with one attached hydrogen (secondary N) is 2. The van der Waals surface area contributed by atoms with Crippen LogP contribution in [0.5, 0.6) is 0 Å². The first-order chi connectivity index (χ1) is 7.68. The molecule has 0 aromatic carbocycles. The summed E-state index contributed by atoms with van der Waals surface area (Å²) in [6.45, 7) is 11.6. The number of hydrogen-bond donors (Lipinski definition) is 2. The summed E-state index contributed by atoms with van der Waals surface area (Å²) >= 11 is 0. The SMILES string of the molecule is CCC(C)(C)CNS(=O)(=O)CCCNC(C)C. The zero-order valence-electron chi connectivity index (χ0n) is 11.8. The van der Waals surface area contributed by atoms with Crippen molar-refractivity contribution in [3.63, 3.8) is 0 Å². The Labute approximate surface area is 107 Å². The van der Waals surface area contributed by atoms with Crippen molar-refractivity contribution in [3.05, 3.63) is 0 Å². The van der Waals surface area contributed by atoms with Crippen LogP contribution in [0.15, 0.2) is 0 Å². The van der Waals surface area contributed by atoms with Gasteiger partial charge >= 0.3 is 0 Å². The Hall–Kier alpha value is -0.130. The predicted octanol–water partition coefficient (Wildman–Crippen LogP) is 1.73. The Morgan fingerprint density at radius 1 is 1.24 bits per heavy atom. The molecule has 0 saturated heterocycles. The molecule has 0 atom stereocenters. The maximum Gasteiger partial charge on any atom is 0.211 e. The van der Waals surface area contributed by atoms with Crippen molar-refractivity contribution in [2.45, 2.75) is 53.5 Å². The van der Waals surface area contributed by atoms with Crippen molar-refractivity contribution < 1.29 is 8.42 Å². The summed E-state index contributed by atoms with van der Waals surface area (Å²) in [5.41, 5.74) is 0.0310. The fraction of sp³-hybridized carbons (Fsp3) is 1.00. The second-order valence-corrected chi connectivity index (χ2v) is 7.55. The molecule has 17 heavy (non-hydrogen) atoms. The highest BCUT2D eigenvalue weighted by atomic mass is 32.2. The molecule has 0 aliphatic heterocycles. The predicted molar refractivity (Wildman–Crippen MR) is 73.6 cm³/mol. The van der Waals surface area contributed by atoms with Crippen LogP contribution < -0.4 is 10.0 Å². The Morgan fingerprint density at radius 3 is 2.29 bits per heavy atom. The van der Waals surface area contributed by atoms with Gasteiger partial charge in [0.15, 0.2) is 0 Å². The summed E-state index contributed by atoms with van der Waals surface area (Å²) < 4.78 is 26.1. The zero-order valence-corrected chi connectivity index (χ0v) is 12.7. The van der Waals surface area contributed by atoms with E-state index in [4.69, 9.17) is 0 Å². The summed E-state index contributed by atoms with van der Waals surface area (Å²) in [5, 5.41) is 3.21. The molecule has 0 unspecified atom stereocenters. The average molecular weight is 264 g/mol. The lowest BCUT2D eigenvalue weighted by molar-refractivity contribution is 0.350. The second-order valence-electron chi connectivity index (χ2n) is 5.62. The fourth-order valence-corrected chi connectivity index (χ4v) is 2.43. The van der Waals surface area contributed by atoms with Crippen molar-refractivity contribution >= 4 is 10.0 Å². The maximum atomic E-state index is 11.7. The quantitative estimate of drug-likeness (QED) is 0.624. The Morgan fingerprint density at radius 2 is 1.82 bits per heavy atom. The highest BCUT2D eigenvalue weighted by Crippen LogP contribution is 2.18. The van der Waals surface area contributed by atoms with Gasteiger partial charge in [0, 0.05) is 12.6 Å². The van der Waals surface area contributed by atoms with Crippen LogP contribution in [0.1, 0.15) is 47.5 Å². The summed E-state index contributed by atoms with van der Waals surface area (Å²) in [7, 11) is -3.11. The lowest BCUT2D eigenvalue weighted by Crippen LogP contribution is -2.36. The van der Waals surface area contributed by atoms with Gasteiger partial charge in [-0.2, -0.15) is 0 Å². The van der Waals surface area contributed by atoms with Gasteiger partial charge < -0.3 is 5.32 Å². The molecule has 0 aromatic heterocycles. The van der Waals surface area contributed by atoms with E-state index in [9.17, 15) is 8.42 Å². The van der Waals surface area contributed by atoms with Gasteiger partial charge in [-0.1, -0.05) is 34.6 Å². The average Bonchev–Trinajstić information content (AvgIpc) is 2.22. The maximum absolute atomic E-state index is 11.7.